The zero-order chi connectivity index (χ0) is 16.1. The van der Waals surface area contributed by atoms with Crippen LogP contribution in [0, 0.1) is 6.92 Å². The Morgan fingerprint density at radius 2 is 1.74 bits per heavy atom. The molecule has 0 fully saturated rings. The third kappa shape index (κ3) is 3.43. The number of aromatic amines is 1. The van der Waals surface area contributed by atoms with E-state index in [4.69, 9.17) is 4.74 Å². The van der Waals surface area contributed by atoms with E-state index in [1.807, 2.05) is 30.5 Å². The zero-order valence-electron chi connectivity index (χ0n) is 13.5. The highest BCUT2D eigenvalue weighted by atomic mass is 16.5. The Bertz CT molecular complexity index is 780. The molecule has 2 N–H and O–H groups in total. The van der Waals surface area contributed by atoms with Crippen LogP contribution in [0.15, 0.2) is 54.7 Å². The average molecular weight is 307 g/mol. The van der Waals surface area contributed by atoms with Gasteiger partial charge in [0.05, 0.1) is 19.0 Å². The van der Waals surface area contributed by atoms with E-state index in [2.05, 4.69) is 46.7 Å². The van der Waals surface area contributed by atoms with Crippen molar-refractivity contribution in [3.8, 4) is 17.0 Å². The summed E-state index contributed by atoms with van der Waals surface area (Å²) in [5.41, 5.74) is 5.77. The lowest BCUT2D eigenvalue weighted by atomic mass is 10.1. The standard InChI is InChI=1S/C19H21N3O/c1-14-7-3-4-8-15(14)11-20-12-16-13-21-22-19(16)17-9-5-6-10-18(17)23-2/h3-10,13,20H,11-12H2,1-2H3,(H,21,22). The molecule has 0 atom stereocenters. The van der Waals surface area contributed by atoms with Gasteiger partial charge in [0, 0.05) is 24.2 Å². The van der Waals surface area contributed by atoms with Gasteiger partial charge in [-0.05, 0) is 30.2 Å². The fourth-order valence-corrected chi connectivity index (χ4v) is 2.67. The van der Waals surface area contributed by atoms with Gasteiger partial charge in [-0.25, -0.2) is 0 Å². The monoisotopic (exact) mass is 307 g/mol. The Kier molecular flexibility index (Phi) is 4.74. The molecule has 23 heavy (non-hydrogen) atoms. The third-order valence-electron chi connectivity index (χ3n) is 3.99. The summed E-state index contributed by atoms with van der Waals surface area (Å²) < 4.78 is 5.45. The van der Waals surface area contributed by atoms with Gasteiger partial charge >= 0.3 is 0 Å². The average Bonchev–Trinajstić information content (AvgIpc) is 3.05. The van der Waals surface area contributed by atoms with Gasteiger partial charge in [-0.1, -0.05) is 36.4 Å². The van der Waals surface area contributed by atoms with Crippen LogP contribution in [0.3, 0.4) is 0 Å². The molecule has 118 valence electrons. The molecule has 0 amide bonds. The van der Waals surface area contributed by atoms with Crippen LogP contribution in [0.4, 0.5) is 0 Å². The molecule has 0 aliphatic rings. The van der Waals surface area contributed by atoms with Crippen LogP contribution in [0.5, 0.6) is 5.75 Å². The maximum Gasteiger partial charge on any atom is 0.128 e. The maximum absolute atomic E-state index is 5.45. The summed E-state index contributed by atoms with van der Waals surface area (Å²) in [5, 5.41) is 10.8. The van der Waals surface area contributed by atoms with Crippen molar-refractivity contribution in [2.45, 2.75) is 20.0 Å². The molecule has 4 nitrogen and oxygen atoms in total. The molecule has 0 aliphatic carbocycles. The van der Waals surface area contributed by atoms with E-state index in [0.717, 1.165) is 35.7 Å². The topological polar surface area (TPSA) is 49.9 Å². The molecule has 0 saturated carbocycles. The summed E-state index contributed by atoms with van der Waals surface area (Å²) in [5.74, 6) is 0.844. The van der Waals surface area contributed by atoms with Crippen LogP contribution in [0.2, 0.25) is 0 Å². The lowest BCUT2D eigenvalue weighted by molar-refractivity contribution is 0.416. The molecule has 3 aromatic rings. The van der Waals surface area contributed by atoms with Crippen LogP contribution < -0.4 is 10.1 Å². The second kappa shape index (κ2) is 7.11. The van der Waals surface area contributed by atoms with Crippen molar-refractivity contribution in [2.75, 3.05) is 7.11 Å². The number of H-pyrrole nitrogens is 1. The van der Waals surface area contributed by atoms with E-state index in [-0.39, 0.29) is 0 Å². The fraction of sp³-hybridized carbons (Fsp3) is 0.211. The van der Waals surface area contributed by atoms with E-state index in [1.54, 1.807) is 7.11 Å². The number of benzene rings is 2. The first-order valence-electron chi connectivity index (χ1n) is 7.70. The predicted octanol–water partition coefficient (Wildman–Crippen LogP) is 3.68. The number of para-hydroxylation sites is 1. The molecule has 4 heteroatoms. The largest absolute Gasteiger partial charge is 0.496 e. The first kappa shape index (κ1) is 15.3. The number of methoxy groups -OCH3 is 1. The molecule has 0 spiro atoms. The van der Waals surface area contributed by atoms with Gasteiger partial charge in [-0.3, -0.25) is 5.10 Å². The van der Waals surface area contributed by atoms with Crippen LogP contribution in [0.1, 0.15) is 16.7 Å². The van der Waals surface area contributed by atoms with Gasteiger partial charge in [-0.15, -0.1) is 0 Å². The highest BCUT2D eigenvalue weighted by molar-refractivity contribution is 5.69. The van der Waals surface area contributed by atoms with Gasteiger partial charge < -0.3 is 10.1 Å². The summed E-state index contributed by atoms with van der Waals surface area (Å²) in [6.45, 7) is 3.72. The molecule has 0 unspecified atom stereocenters. The van der Waals surface area contributed by atoms with Crippen molar-refractivity contribution >= 4 is 0 Å². The number of aromatic nitrogens is 2. The van der Waals surface area contributed by atoms with E-state index >= 15 is 0 Å². The van der Waals surface area contributed by atoms with E-state index in [9.17, 15) is 0 Å². The summed E-state index contributed by atoms with van der Waals surface area (Å²) in [6.07, 6.45) is 1.87. The molecule has 0 bridgehead atoms. The minimum atomic E-state index is 0.748. The molecule has 1 heterocycles. The summed E-state index contributed by atoms with van der Waals surface area (Å²) in [7, 11) is 1.69. The lowest BCUT2D eigenvalue weighted by Crippen LogP contribution is -2.13. The van der Waals surface area contributed by atoms with Gasteiger partial charge in [0.1, 0.15) is 5.75 Å². The highest BCUT2D eigenvalue weighted by Gasteiger charge is 2.11. The second-order valence-corrected chi connectivity index (χ2v) is 5.50. The maximum atomic E-state index is 5.45. The zero-order valence-corrected chi connectivity index (χ0v) is 13.5. The molecule has 1 aromatic heterocycles. The molecule has 3 rings (SSSR count). The van der Waals surface area contributed by atoms with Crippen molar-refractivity contribution in [1.82, 2.24) is 15.5 Å². The number of hydrogen-bond acceptors (Lipinski definition) is 3. The van der Waals surface area contributed by atoms with Gasteiger partial charge in [0.25, 0.3) is 0 Å². The number of nitrogens with zero attached hydrogens (tertiary/aromatic N) is 1. The van der Waals surface area contributed by atoms with Gasteiger partial charge in [0.2, 0.25) is 0 Å². The Balaban J connectivity index is 1.73. The number of aryl methyl sites for hydroxylation is 1. The summed E-state index contributed by atoms with van der Waals surface area (Å²) in [4.78, 5) is 0. The van der Waals surface area contributed by atoms with Crippen molar-refractivity contribution in [3.05, 3.63) is 71.4 Å². The van der Waals surface area contributed by atoms with Crippen molar-refractivity contribution in [2.24, 2.45) is 0 Å². The molecule has 0 saturated heterocycles. The number of ether oxygens (including phenoxy) is 1. The quantitative estimate of drug-likeness (QED) is 0.730. The SMILES string of the molecule is COc1ccccc1-c1[nH]ncc1CNCc1ccccc1C. The van der Waals surface area contributed by atoms with Crippen molar-refractivity contribution in [1.29, 1.82) is 0 Å². The smallest absolute Gasteiger partial charge is 0.128 e. The summed E-state index contributed by atoms with van der Waals surface area (Å²) in [6, 6.07) is 16.4. The van der Waals surface area contributed by atoms with Crippen LogP contribution in [-0.2, 0) is 13.1 Å². The normalized spacial score (nSPS) is 10.7. The molecular formula is C19H21N3O. The first-order chi connectivity index (χ1) is 11.3. The number of nitrogens with one attached hydrogen (secondary N) is 2. The van der Waals surface area contributed by atoms with Crippen LogP contribution in [-0.4, -0.2) is 17.3 Å². The van der Waals surface area contributed by atoms with Crippen molar-refractivity contribution in [3.63, 3.8) is 0 Å². The van der Waals surface area contributed by atoms with Crippen LogP contribution >= 0.6 is 0 Å². The highest BCUT2D eigenvalue weighted by Crippen LogP contribution is 2.30. The Morgan fingerprint density at radius 1 is 1.00 bits per heavy atom. The lowest BCUT2D eigenvalue weighted by Gasteiger charge is -2.10. The predicted molar refractivity (Wildman–Crippen MR) is 92.3 cm³/mol. The van der Waals surface area contributed by atoms with Crippen LogP contribution in [0.25, 0.3) is 11.3 Å². The Labute approximate surface area is 136 Å². The molecule has 2 aromatic carbocycles. The fourth-order valence-electron chi connectivity index (χ4n) is 2.67. The van der Waals surface area contributed by atoms with E-state index in [1.165, 1.54) is 11.1 Å². The minimum absolute atomic E-state index is 0.748. The Hall–Kier alpha value is -2.59. The first-order valence-corrected chi connectivity index (χ1v) is 7.70. The number of rotatable bonds is 6. The van der Waals surface area contributed by atoms with Gasteiger partial charge in [-0.2, -0.15) is 5.10 Å². The Morgan fingerprint density at radius 3 is 2.57 bits per heavy atom. The second-order valence-electron chi connectivity index (χ2n) is 5.50. The molecule has 0 radical (unpaired) electrons. The van der Waals surface area contributed by atoms with Crippen molar-refractivity contribution < 1.29 is 4.74 Å². The molecular weight excluding hydrogens is 286 g/mol. The minimum Gasteiger partial charge on any atom is -0.496 e. The third-order valence-corrected chi connectivity index (χ3v) is 3.99. The van der Waals surface area contributed by atoms with E-state index < -0.39 is 0 Å². The number of hydrogen-bond donors (Lipinski definition) is 2. The van der Waals surface area contributed by atoms with E-state index in [0.29, 0.717) is 0 Å². The molecule has 0 aliphatic heterocycles. The van der Waals surface area contributed by atoms with Gasteiger partial charge in [0.15, 0.2) is 0 Å². The summed E-state index contributed by atoms with van der Waals surface area (Å²) >= 11 is 0.